The zero-order valence-corrected chi connectivity index (χ0v) is 14.4. The number of carbonyl (C=O) groups is 1. The fourth-order valence-electron chi connectivity index (χ4n) is 3.45. The second-order valence-electron chi connectivity index (χ2n) is 6.27. The average Bonchev–Trinajstić information content (AvgIpc) is 3.14. The highest BCUT2D eigenvalue weighted by Gasteiger charge is 2.43. The predicted molar refractivity (Wildman–Crippen MR) is 96.2 cm³/mol. The summed E-state index contributed by atoms with van der Waals surface area (Å²) in [6.07, 6.45) is 0. The van der Waals surface area contributed by atoms with Crippen molar-refractivity contribution in [2.45, 2.75) is 19.9 Å². The highest BCUT2D eigenvalue weighted by Crippen LogP contribution is 2.44. The molecule has 25 heavy (non-hydrogen) atoms. The lowest BCUT2D eigenvalue weighted by molar-refractivity contribution is 0.0988. The van der Waals surface area contributed by atoms with Crippen LogP contribution in [0.5, 0.6) is 5.75 Å². The van der Waals surface area contributed by atoms with Crippen molar-refractivity contribution in [2.24, 2.45) is 0 Å². The number of aryl methyl sites for hydroxylation is 2. The number of anilines is 1. The fourth-order valence-corrected chi connectivity index (χ4v) is 3.45. The third kappa shape index (κ3) is 2.31. The molecule has 0 aliphatic carbocycles. The van der Waals surface area contributed by atoms with Gasteiger partial charge in [0.1, 0.15) is 5.75 Å². The number of hydrogen-bond donors (Lipinski definition) is 1. The van der Waals surface area contributed by atoms with Crippen LogP contribution in [-0.2, 0) is 0 Å². The number of nitrogens with one attached hydrogen (secondary N) is 1. The van der Waals surface area contributed by atoms with Crippen molar-refractivity contribution in [1.82, 2.24) is 10.2 Å². The van der Waals surface area contributed by atoms with Crippen LogP contribution in [0.15, 0.2) is 48.5 Å². The largest absolute Gasteiger partial charge is 0.496 e. The Morgan fingerprint density at radius 1 is 1.08 bits per heavy atom. The van der Waals surface area contributed by atoms with Crippen LogP contribution in [0.2, 0.25) is 0 Å². The van der Waals surface area contributed by atoms with E-state index in [1.807, 2.05) is 62.4 Å². The number of aromatic amines is 1. The fraction of sp³-hybridized carbons (Fsp3) is 0.200. The van der Waals surface area contributed by atoms with Crippen molar-refractivity contribution in [1.29, 1.82) is 0 Å². The van der Waals surface area contributed by atoms with E-state index in [9.17, 15) is 4.79 Å². The molecule has 4 rings (SSSR count). The molecule has 0 saturated carbocycles. The van der Waals surface area contributed by atoms with Gasteiger partial charge >= 0.3 is 0 Å². The molecular formula is C20H19N3O2. The van der Waals surface area contributed by atoms with Gasteiger partial charge in [-0.15, -0.1) is 0 Å². The number of benzene rings is 2. The Balaban J connectivity index is 1.94. The van der Waals surface area contributed by atoms with Crippen molar-refractivity contribution >= 4 is 11.6 Å². The summed E-state index contributed by atoms with van der Waals surface area (Å²) in [5, 5.41) is 7.19. The van der Waals surface area contributed by atoms with Crippen LogP contribution in [0.4, 0.5) is 5.69 Å². The Hall–Kier alpha value is -3.08. The number of hydrogen-bond acceptors (Lipinski definition) is 3. The van der Waals surface area contributed by atoms with E-state index in [0.29, 0.717) is 5.69 Å². The lowest BCUT2D eigenvalue weighted by atomic mass is 9.98. The van der Waals surface area contributed by atoms with E-state index >= 15 is 0 Å². The number of amides is 1. The lowest BCUT2D eigenvalue weighted by Gasteiger charge is -2.27. The van der Waals surface area contributed by atoms with Gasteiger partial charge in [-0.3, -0.25) is 14.8 Å². The van der Waals surface area contributed by atoms with Gasteiger partial charge in [-0.1, -0.05) is 35.9 Å². The number of methoxy groups -OCH3 is 1. The SMILES string of the molecule is COc1ccccc1[C@@H]1c2c(n[nH]c2C)C(=O)N1c1ccc(C)cc1. The average molecular weight is 333 g/mol. The summed E-state index contributed by atoms with van der Waals surface area (Å²) in [4.78, 5) is 14.9. The molecule has 1 N–H and O–H groups in total. The van der Waals surface area contributed by atoms with Crippen molar-refractivity contribution in [2.75, 3.05) is 12.0 Å². The summed E-state index contributed by atoms with van der Waals surface area (Å²) in [5.74, 6) is 0.657. The molecule has 5 heteroatoms. The molecule has 2 heterocycles. The van der Waals surface area contributed by atoms with Gasteiger partial charge in [-0.25, -0.2) is 0 Å². The minimum atomic E-state index is -0.264. The monoisotopic (exact) mass is 333 g/mol. The molecule has 0 radical (unpaired) electrons. The third-order valence-electron chi connectivity index (χ3n) is 4.69. The smallest absolute Gasteiger partial charge is 0.280 e. The molecule has 0 bridgehead atoms. The van der Waals surface area contributed by atoms with Crippen molar-refractivity contribution in [3.05, 3.63) is 76.6 Å². The van der Waals surface area contributed by atoms with Gasteiger partial charge in [-0.05, 0) is 32.0 Å². The maximum absolute atomic E-state index is 13.1. The number of H-pyrrole nitrogens is 1. The van der Waals surface area contributed by atoms with Crippen LogP contribution in [0, 0.1) is 13.8 Å². The summed E-state index contributed by atoms with van der Waals surface area (Å²) in [7, 11) is 1.65. The number of rotatable bonds is 3. The van der Waals surface area contributed by atoms with Gasteiger partial charge in [0.05, 0.1) is 13.2 Å². The Bertz CT molecular complexity index is 944. The van der Waals surface area contributed by atoms with Crippen LogP contribution in [0.3, 0.4) is 0 Å². The molecule has 2 aromatic carbocycles. The number of para-hydroxylation sites is 1. The first-order chi connectivity index (χ1) is 12.1. The summed E-state index contributed by atoms with van der Waals surface area (Å²) in [5.41, 5.74) is 5.24. The topological polar surface area (TPSA) is 58.2 Å². The molecule has 1 aromatic heterocycles. The molecule has 0 fully saturated rings. The first kappa shape index (κ1) is 15.4. The second kappa shape index (κ2) is 5.77. The van der Waals surface area contributed by atoms with Crippen LogP contribution < -0.4 is 9.64 Å². The lowest BCUT2D eigenvalue weighted by Crippen LogP contribution is -2.29. The van der Waals surface area contributed by atoms with E-state index in [1.165, 1.54) is 0 Å². The molecule has 5 nitrogen and oxygen atoms in total. The van der Waals surface area contributed by atoms with Gasteiger partial charge in [0.25, 0.3) is 5.91 Å². The molecule has 1 atom stereocenters. The van der Waals surface area contributed by atoms with E-state index in [1.54, 1.807) is 12.0 Å². The predicted octanol–water partition coefficient (Wildman–Crippen LogP) is 3.78. The first-order valence-electron chi connectivity index (χ1n) is 8.20. The van der Waals surface area contributed by atoms with Gasteiger partial charge in [-0.2, -0.15) is 5.10 Å². The van der Waals surface area contributed by atoms with Crippen LogP contribution in [0.1, 0.15) is 38.9 Å². The molecule has 1 aliphatic heterocycles. The van der Waals surface area contributed by atoms with Gasteiger partial charge in [0.2, 0.25) is 0 Å². The van der Waals surface area contributed by atoms with Gasteiger partial charge in [0.15, 0.2) is 5.69 Å². The maximum atomic E-state index is 13.1. The zero-order chi connectivity index (χ0) is 17.6. The first-order valence-corrected chi connectivity index (χ1v) is 8.20. The number of carbonyl (C=O) groups excluding carboxylic acids is 1. The quantitative estimate of drug-likeness (QED) is 0.793. The van der Waals surface area contributed by atoms with Gasteiger partial charge in [0, 0.05) is 22.5 Å². The Morgan fingerprint density at radius 2 is 1.80 bits per heavy atom. The van der Waals surface area contributed by atoms with E-state index < -0.39 is 0 Å². The minimum absolute atomic E-state index is 0.0980. The number of nitrogens with zero attached hydrogens (tertiary/aromatic N) is 2. The van der Waals surface area contributed by atoms with Crippen molar-refractivity contribution in [3.63, 3.8) is 0 Å². The van der Waals surface area contributed by atoms with E-state index in [0.717, 1.165) is 33.8 Å². The minimum Gasteiger partial charge on any atom is -0.496 e. The number of aromatic nitrogens is 2. The molecule has 1 aliphatic rings. The van der Waals surface area contributed by atoms with Crippen molar-refractivity contribution in [3.8, 4) is 5.75 Å². The third-order valence-corrected chi connectivity index (χ3v) is 4.69. The Labute approximate surface area is 146 Å². The highest BCUT2D eigenvalue weighted by atomic mass is 16.5. The van der Waals surface area contributed by atoms with Crippen molar-refractivity contribution < 1.29 is 9.53 Å². The van der Waals surface area contributed by atoms with E-state index in [2.05, 4.69) is 10.2 Å². The van der Waals surface area contributed by atoms with E-state index in [4.69, 9.17) is 4.74 Å². The molecule has 0 unspecified atom stereocenters. The molecule has 126 valence electrons. The number of ether oxygens (including phenoxy) is 1. The van der Waals surface area contributed by atoms with Gasteiger partial charge < -0.3 is 4.74 Å². The summed E-state index contributed by atoms with van der Waals surface area (Å²) in [6, 6.07) is 15.5. The Kier molecular flexibility index (Phi) is 3.57. The second-order valence-corrected chi connectivity index (χ2v) is 6.27. The molecule has 0 saturated heterocycles. The highest BCUT2D eigenvalue weighted by molar-refractivity contribution is 6.10. The normalized spacial score (nSPS) is 16.2. The number of fused-ring (bicyclic) bond motifs is 1. The molecule has 0 spiro atoms. The van der Waals surface area contributed by atoms with Crippen LogP contribution in [0.25, 0.3) is 0 Å². The summed E-state index contributed by atoms with van der Waals surface area (Å²) in [6.45, 7) is 3.98. The van der Waals surface area contributed by atoms with Crippen LogP contribution in [-0.4, -0.2) is 23.2 Å². The standard InChI is InChI=1S/C20H19N3O2/c1-12-8-10-14(11-9-12)23-19(15-6-4-5-7-16(15)25-3)17-13(2)21-22-18(17)20(23)24/h4-11,19H,1-3H3,(H,21,22)/t19-/m1/s1. The zero-order valence-electron chi connectivity index (χ0n) is 14.4. The molecular weight excluding hydrogens is 314 g/mol. The van der Waals surface area contributed by atoms with Crippen LogP contribution >= 0.6 is 0 Å². The molecule has 3 aromatic rings. The Morgan fingerprint density at radius 3 is 2.52 bits per heavy atom. The maximum Gasteiger partial charge on any atom is 0.280 e. The van der Waals surface area contributed by atoms with E-state index in [-0.39, 0.29) is 11.9 Å². The molecule has 1 amide bonds. The summed E-state index contributed by atoms with van der Waals surface area (Å²) < 4.78 is 5.56. The summed E-state index contributed by atoms with van der Waals surface area (Å²) >= 11 is 0.